The molecule has 10 heteroatoms. The lowest BCUT2D eigenvalue weighted by Crippen LogP contribution is -2.46. The van der Waals surface area contributed by atoms with E-state index in [0.29, 0.717) is 0 Å². The lowest BCUT2D eigenvalue weighted by molar-refractivity contribution is -0.274. The maximum atomic E-state index is 13.6. The number of piperidine rings is 1. The van der Waals surface area contributed by atoms with Gasteiger partial charge in [-0.15, -0.1) is 13.2 Å². The van der Waals surface area contributed by atoms with Crippen LogP contribution in [-0.4, -0.2) is 41.9 Å². The standard InChI is InChI=1S/C26H25F3N4O3/c1-25(23(34)33(24(35)31-25)17-9-11-18(12-10-17)36-26(27,28)29)15-20-19-7-3-4-8-21(19)30-16-22(20)32-13-5-2-6-14-32/h3-4,7-12,16H,2,5-6,13-15H2,1H3,(H,31,35). The molecule has 1 unspecified atom stereocenters. The number of nitrogens with zero attached hydrogens (tertiary/aromatic N) is 3. The van der Waals surface area contributed by atoms with Crippen LogP contribution in [0, 0.1) is 0 Å². The highest BCUT2D eigenvalue weighted by Crippen LogP contribution is 2.35. The lowest BCUT2D eigenvalue weighted by Gasteiger charge is -2.32. The number of halogens is 3. The van der Waals surface area contributed by atoms with Gasteiger partial charge in [0.15, 0.2) is 0 Å². The van der Waals surface area contributed by atoms with Gasteiger partial charge in [-0.2, -0.15) is 0 Å². The van der Waals surface area contributed by atoms with Crippen LogP contribution in [0.3, 0.4) is 0 Å². The third kappa shape index (κ3) is 4.55. The molecule has 2 aliphatic rings. The molecule has 2 fully saturated rings. The van der Waals surface area contributed by atoms with Gasteiger partial charge in [0.25, 0.3) is 5.91 Å². The summed E-state index contributed by atoms with van der Waals surface area (Å²) in [6, 6.07) is 11.7. The Morgan fingerprint density at radius 1 is 1.03 bits per heavy atom. The van der Waals surface area contributed by atoms with Crippen molar-refractivity contribution in [3.05, 3.63) is 60.3 Å². The summed E-state index contributed by atoms with van der Waals surface area (Å²) in [4.78, 5) is 34.4. The third-order valence-electron chi connectivity index (χ3n) is 6.68. The fraction of sp³-hybridized carbons (Fsp3) is 0.346. The summed E-state index contributed by atoms with van der Waals surface area (Å²) in [6.45, 7) is 3.45. The third-order valence-corrected chi connectivity index (χ3v) is 6.68. The molecule has 2 saturated heterocycles. The highest BCUT2D eigenvalue weighted by Gasteiger charge is 2.49. The van der Waals surface area contributed by atoms with Crippen LogP contribution in [0.2, 0.25) is 0 Å². The molecule has 1 atom stereocenters. The van der Waals surface area contributed by atoms with Gasteiger partial charge in [0, 0.05) is 24.9 Å². The van der Waals surface area contributed by atoms with Crippen LogP contribution >= 0.6 is 0 Å². The molecule has 3 heterocycles. The van der Waals surface area contributed by atoms with E-state index in [0.717, 1.165) is 65.1 Å². The van der Waals surface area contributed by atoms with Crippen LogP contribution in [-0.2, 0) is 11.2 Å². The number of pyridine rings is 1. The first kappa shape index (κ1) is 23.9. The van der Waals surface area contributed by atoms with Gasteiger partial charge in [0.05, 0.1) is 23.1 Å². The number of hydrogen-bond acceptors (Lipinski definition) is 5. The predicted molar refractivity (Wildman–Crippen MR) is 129 cm³/mol. The van der Waals surface area contributed by atoms with Crippen molar-refractivity contribution in [2.45, 2.75) is 44.5 Å². The highest BCUT2D eigenvalue weighted by molar-refractivity contribution is 6.23. The molecule has 1 aromatic heterocycles. The van der Waals surface area contributed by atoms with E-state index in [9.17, 15) is 22.8 Å². The number of imide groups is 1. The normalized spacial score (nSPS) is 20.7. The quantitative estimate of drug-likeness (QED) is 0.491. The zero-order chi connectivity index (χ0) is 25.5. The van der Waals surface area contributed by atoms with E-state index in [1.807, 2.05) is 30.5 Å². The minimum Gasteiger partial charge on any atom is -0.406 e. The molecule has 2 aliphatic heterocycles. The molecule has 3 aromatic rings. The van der Waals surface area contributed by atoms with Crippen LogP contribution in [0.1, 0.15) is 31.7 Å². The summed E-state index contributed by atoms with van der Waals surface area (Å²) >= 11 is 0. The SMILES string of the molecule is CC1(Cc2c(N3CCCCC3)cnc3ccccc23)NC(=O)N(c2ccc(OC(F)(F)F)cc2)C1=O. The molecular weight excluding hydrogens is 473 g/mol. The van der Waals surface area contributed by atoms with Crippen LogP contribution < -0.4 is 19.9 Å². The lowest BCUT2D eigenvalue weighted by atomic mass is 9.89. The van der Waals surface area contributed by atoms with E-state index >= 15 is 0 Å². The Morgan fingerprint density at radius 3 is 2.42 bits per heavy atom. The number of para-hydroxylation sites is 1. The van der Waals surface area contributed by atoms with Crippen molar-refractivity contribution >= 4 is 34.2 Å². The largest absolute Gasteiger partial charge is 0.573 e. The summed E-state index contributed by atoms with van der Waals surface area (Å²) in [5, 5.41) is 3.72. The van der Waals surface area contributed by atoms with Crippen LogP contribution in [0.5, 0.6) is 5.75 Å². The number of benzene rings is 2. The number of carbonyl (C=O) groups is 2. The average Bonchev–Trinajstić information content (AvgIpc) is 3.07. The Hall–Kier alpha value is -3.82. The van der Waals surface area contributed by atoms with Crippen molar-refractivity contribution in [3.63, 3.8) is 0 Å². The molecule has 2 aromatic carbocycles. The molecule has 188 valence electrons. The number of alkyl halides is 3. The molecular formula is C26H25F3N4O3. The predicted octanol–water partition coefficient (Wildman–Crippen LogP) is 5.18. The van der Waals surface area contributed by atoms with Crippen molar-refractivity contribution in [1.82, 2.24) is 10.3 Å². The number of urea groups is 1. The summed E-state index contributed by atoms with van der Waals surface area (Å²) in [5.41, 5.74) is 1.57. The Morgan fingerprint density at radius 2 is 1.72 bits per heavy atom. The van der Waals surface area contributed by atoms with E-state index in [-0.39, 0.29) is 12.1 Å². The fourth-order valence-electron chi connectivity index (χ4n) is 4.97. The number of hydrogen-bond donors (Lipinski definition) is 1. The first-order chi connectivity index (χ1) is 17.1. The topological polar surface area (TPSA) is 74.8 Å². The van der Waals surface area contributed by atoms with Gasteiger partial charge in [-0.3, -0.25) is 9.78 Å². The number of aromatic nitrogens is 1. The Bertz CT molecular complexity index is 1310. The second-order valence-electron chi connectivity index (χ2n) is 9.31. The molecule has 0 bridgehead atoms. The van der Waals surface area contributed by atoms with Crippen molar-refractivity contribution in [1.29, 1.82) is 0 Å². The van der Waals surface area contributed by atoms with E-state index in [1.54, 1.807) is 6.92 Å². The van der Waals surface area contributed by atoms with Gasteiger partial charge < -0.3 is 15.0 Å². The number of anilines is 2. The summed E-state index contributed by atoms with van der Waals surface area (Å²) in [5.74, 6) is -0.919. The smallest absolute Gasteiger partial charge is 0.406 e. The molecule has 7 nitrogen and oxygen atoms in total. The Balaban J connectivity index is 1.47. The van der Waals surface area contributed by atoms with Crippen molar-refractivity contribution in [2.75, 3.05) is 22.9 Å². The average molecular weight is 499 g/mol. The van der Waals surface area contributed by atoms with Gasteiger partial charge in [-0.25, -0.2) is 9.69 Å². The zero-order valence-corrected chi connectivity index (χ0v) is 19.6. The maximum absolute atomic E-state index is 13.6. The maximum Gasteiger partial charge on any atom is 0.573 e. The number of ether oxygens (including phenoxy) is 1. The number of rotatable bonds is 5. The molecule has 5 rings (SSSR count). The van der Waals surface area contributed by atoms with E-state index in [4.69, 9.17) is 0 Å². The summed E-state index contributed by atoms with van der Waals surface area (Å²) in [6.07, 6.45) is 0.548. The zero-order valence-electron chi connectivity index (χ0n) is 19.6. The number of nitrogens with one attached hydrogen (secondary N) is 1. The Labute approximate surface area is 205 Å². The highest BCUT2D eigenvalue weighted by atomic mass is 19.4. The minimum absolute atomic E-state index is 0.159. The van der Waals surface area contributed by atoms with E-state index in [1.165, 1.54) is 18.6 Å². The number of amides is 3. The number of carbonyl (C=O) groups excluding carboxylic acids is 2. The molecule has 1 N–H and O–H groups in total. The fourth-order valence-corrected chi connectivity index (χ4v) is 4.97. The van der Waals surface area contributed by atoms with Gasteiger partial charge in [0.2, 0.25) is 0 Å². The molecule has 0 spiro atoms. The summed E-state index contributed by atoms with van der Waals surface area (Å²) in [7, 11) is 0. The van der Waals surface area contributed by atoms with Crippen LogP contribution in [0.15, 0.2) is 54.7 Å². The van der Waals surface area contributed by atoms with Crippen molar-refractivity contribution in [3.8, 4) is 5.75 Å². The van der Waals surface area contributed by atoms with Gasteiger partial charge in [0.1, 0.15) is 11.3 Å². The molecule has 36 heavy (non-hydrogen) atoms. The van der Waals surface area contributed by atoms with E-state index < -0.39 is 29.6 Å². The molecule has 0 saturated carbocycles. The van der Waals surface area contributed by atoms with Crippen LogP contribution in [0.25, 0.3) is 10.9 Å². The second kappa shape index (κ2) is 9.00. The second-order valence-corrected chi connectivity index (χ2v) is 9.31. The van der Waals surface area contributed by atoms with Crippen LogP contribution in [0.4, 0.5) is 29.3 Å². The first-order valence-electron chi connectivity index (χ1n) is 11.8. The van der Waals surface area contributed by atoms with Crippen molar-refractivity contribution in [2.24, 2.45) is 0 Å². The molecule has 3 amide bonds. The van der Waals surface area contributed by atoms with Crippen molar-refractivity contribution < 1.29 is 27.5 Å². The van der Waals surface area contributed by atoms with Gasteiger partial charge in [-0.1, -0.05) is 18.2 Å². The molecule has 0 radical (unpaired) electrons. The molecule has 0 aliphatic carbocycles. The first-order valence-corrected chi connectivity index (χ1v) is 11.8. The van der Waals surface area contributed by atoms with E-state index in [2.05, 4.69) is 19.9 Å². The van der Waals surface area contributed by atoms with Gasteiger partial charge in [-0.05, 0) is 62.1 Å². The number of fused-ring (bicyclic) bond motifs is 1. The minimum atomic E-state index is -4.83. The Kier molecular flexibility index (Phi) is 5.97. The monoisotopic (exact) mass is 498 g/mol. The van der Waals surface area contributed by atoms with Gasteiger partial charge >= 0.3 is 12.4 Å². The summed E-state index contributed by atoms with van der Waals surface area (Å²) < 4.78 is 41.4.